The predicted molar refractivity (Wildman–Crippen MR) is 103 cm³/mol. The Labute approximate surface area is 164 Å². The van der Waals surface area contributed by atoms with E-state index in [9.17, 15) is 9.59 Å². The van der Waals surface area contributed by atoms with E-state index in [4.69, 9.17) is 14.2 Å². The minimum Gasteiger partial charge on any atom is -0.466 e. The molecular weight excluding hydrogens is 348 g/mol. The van der Waals surface area contributed by atoms with E-state index in [1.165, 1.54) is 13.8 Å². The van der Waals surface area contributed by atoms with Crippen molar-refractivity contribution in [3.63, 3.8) is 0 Å². The molecular formula is C21H38O6. The second kappa shape index (κ2) is 11.0. The smallest absolute Gasteiger partial charge is 0.303 e. The molecule has 0 bridgehead atoms. The molecule has 0 aromatic rings. The van der Waals surface area contributed by atoms with Crippen molar-refractivity contribution in [2.24, 2.45) is 11.3 Å². The molecule has 1 heterocycles. The molecule has 1 aliphatic carbocycles. The Morgan fingerprint density at radius 2 is 1.59 bits per heavy atom. The largest absolute Gasteiger partial charge is 0.466 e. The number of ether oxygens (including phenoxy) is 4. The van der Waals surface area contributed by atoms with Gasteiger partial charge in [0.25, 0.3) is 0 Å². The molecule has 0 N–H and O–H groups in total. The van der Waals surface area contributed by atoms with Crippen LogP contribution < -0.4 is 0 Å². The van der Waals surface area contributed by atoms with Crippen molar-refractivity contribution in [1.29, 1.82) is 0 Å². The Morgan fingerprint density at radius 3 is 1.96 bits per heavy atom. The molecule has 1 aliphatic heterocycles. The highest BCUT2D eigenvalue weighted by molar-refractivity contribution is 5.66. The fourth-order valence-electron chi connectivity index (χ4n) is 3.88. The van der Waals surface area contributed by atoms with Crippen molar-refractivity contribution in [2.45, 2.75) is 92.0 Å². The molecule has 0 radical (unpaired) electrons. The topological polar surface area (TPSA) is 71.1 Å². The molecule has 6 nitrogen and oxygen atoms in total. The molecule has 158 valence electrons. The highest BCUT2D eigenvalue weighted by atomic mass is 16.7. The number of carbonyl (C=O) groups is 2. The van der Waals surface area contributed by atoms with Crippen molar-refractivity contribution in [1.82, 2.24) is 0 Å². The molecule has 1 saturated heterocycles. The molecule has 2 aliphatic rings. The van der Waals surface area contributed by atoms with Crippen LogP contribution >= 0.6 is 0 Å². The molecule has 2 rings (SSSR count). The second-order valence-electron chi connectivity index (χ2n) is 8.55. The molecule has 0 spiro atoms. The van der Waals surface area contributed by atoms with Crippen LogP contribution in [-0.4, -0.2) is 43.7 Å². The van der Waals surface area contributed by atoms with Crippen LogP contribution in [0.4, 0.5) is 0 Å². The Kier molecular flexibility index (Phi) is 9.74. The summed E-state index contributed by atoms with van der Waals surface area (Å²) in [6, 6.07) is 0. The lowest BCUT2D eigenvalue weighted by molar-refractivity contribution is -0.166. The molecule has 0 amide bonds. The third-order valence-electron chi connectivity index (χ3n) is 5.36. The monoisotopic (exact) mass is 386 g/mol. The Hall–Kier alpha value is -1.14. The molecule has 0 unspecified atom stereocenters. The standard InChI is InChI=1S/C17H30O4.C4H8O2/c1-13(18)21-17(10-7-15-19-11-12-20-15)8-5-14(6-9-17)16(2,3)4;1-3-6-4(2)5/h14-15H,5-12H2,1-4H3;3H2,1-2H3. The summed E-state index contributed by atoms with van der Waals surface area (Å²) in [7, 11) is 0. The van der Waals surface area contributed by atoms with Gasteiger partial charge in [-0.05, 0) is 50.4 Å². The van der Waals surface area contributed by atoms with Gasteiger partial charge in [0.15, 0.2) is 6.29 Å². The van der Waals surface area contributed by atoms with Gasteiger partial charge in [-0.15, -0.1) is 0 Å². The van der Waals surface area contributed by atoms with Gasteiger partial charge in [0, 0.05) is 20.3 Å². The van der Waals surface area contributed by atoms with Crippen molar-refractivity contribution in [3.8, 4) is 0 Å². The van der Waals surface area contributed by atoms with Crippen LogP contribution in [0.2, 0.25) is 0 Å². The number of rotatable bonds is 5. The first-order valence-corrected chi connectivity index (χ1v) is 10.1. The maximum absolute atomic E-state index is 11.5. The van der Waals surface area contributed by atoms with Crippen molar-refractivity contribution in [2.75, 3.05) is 19.8 Å². The van der Waals surface area contributed by atoms with Crippen LogP contribution in [-0.2, 0) is 28.5 Å². The molecule has 0 aromatic carbocycles. The summed E-state index contributed by atoms with van der Waals surface area (Å²) < 4.78 is 21.2. The molecule has 6 heteroatoms. The van der Waals surface area contributed by atoms with Crippen LogP contribution in [0, 0.1) is 11.3 Å². The van der Waals surface area contributed by atoms with E-state index in [2.05, 4.69) is 25.5 Å². The molecule has 0 atom stereocenters. The van der Waals surface area contributed by atoms with Crippen LogP contribution in [0.25, 0.3) is 0 Å². The van der Waals surface area contributed by atoms with Gasteiger partial charge in [0.1, 0.15) is 5.60 Å². The summed E-state index contributed by atoms with van der Waals surface area (Å²) >= 11 is 0. The summed E-state index contributed by atoms with van der Waals surface area (Å²) in [6.07, 6.45) is 5.72. The van der Waals surface area contributed by atoms with E-state index in [0.717, 1.165) is 38.5 Å². The number of carbonyl (C=O) groups excluding carboxylic acids is 2. The first kappa shape index (κ1) is 23.9. The Balaban J connectivity index is 0.000000527. The molecule has 1 saturated carbocycles. The van der Waals surface area contributed by atoms with Gasteiger partial charge in [-0.25, -0.2) is 0 Å². The predicted octanol–water partition coefficient (Wildman–Crippen LogP) is 4.25. The van der Waals surface area contributed by atoms with E-state index >= 15 is 0 Å². The highest BCUT2D eigenvalue weighted by Gasteiger charge is 2.41. The summed E-state index contributed by atoms with van der Waals surface area (Å²) in [5.41, 5.74) is 0.0307. The van der Waals surface area contributed by atoms with E-state index in [1.807, 2.05) is 0 Å². The SMILES string of the molecule is CC(=O)OC1(CCC2OCCO2)CCC(C(C)(C)C)CC1.CCOC(C)=O. The van der Waals surface area contributed by atoms with Gasteiger partial charge in [0.05, 0.1) is 19.8 Å². The van der Waals surface area contributed by atoms with E-state index in [-0.39, 0.29) is 23.8 Å². The van der Waals surface area contributed by atoms with Gasteiger partial charge in [-0.3, -0.25) is 9.59 Å². The normalized spacial score (nSPS) is 26.1. The van der Waals surface area contributed by atoms with Crippen LogP contribution in [0.15, 0.2) is 0 Å². The zero-order valence-electron chi connectivity index (χ0n) is 18.0. The van der Waals surface area contributed by atoms with Crippen LogP contribution in [0.5, 0.6) is 0 Å². The third-order valence-corrected chi connectivity index (χ3v) is 5.36. The maximum Gasteiger partial charge on any atom is 0.303 e. The zero-order chi connectivity index (χ0) is 20.5. The summed E-state index contributed by atoms with van der Waals surface area (Å²) in [5, 5.41) is 0. The van der Waals surface area contributed by atoms with Gasteiger partial charge in [-0.2, -0.15) is 0 Å². The van der Waals surface area contributed by atoms with Crippen LogP contribution in [0.1, 0.15) is 80.1 Å². The lowest BCUT2D eigenvalue weighted by Gasteiger charge is -2.43. The maximum atomic E-state index is 11.5. The Morgan fingerprint density at radius 1 is 1.04 bits per heavy atom. The van der Waals surface area contributed by atoms with Crippen molar-refractivity contribution in [3.05, 3.63) is 0 Å². The molecule has 0 aromatic heterocycles. The first-order chi connectivity index (χ1) is 12.6. The minimum atomic E-state index is -0.303. The lowest BCUT2D eigenvalue weighted by Crippen LogP contribution is -2.41. The van der Waals surface area contributed by atoms with E-state index in [1.54, 1.807) is 6.92 Å². The fourth-order valence-corrected chi connectivity index (χ4v) is 3.88. The van der Waals surface area contributed by atoms with Gasteiger partial charge in [0.2, 0.25) is 0 Å². The van der Waals surface area contributed by atoms with Crippen molar-refractivity contribution < 1.29 is 28.5 Å². The average Bonchev–Trinajstić information content (AvgIpc) is 3.06. The van der Waals surface area contributed by atoms with Crippen molar-refractivity contribution >= 4 is 11.9 Å². The quantitative estimate of drug-likeness (QED) is 0.658. The zero-order valence-corrected chi connectivity index (χ0v) is 18.0. The first-order valence-electron chi connectivity index (χ1n) is 10.1. The van der Waals surface area contributed by atoms with E-state index in [0.29, 0.717) is 31.2 Å². The molecule has 27 heavy (non-hydrogen) atoms. The summed E-state index contributed by atoms with van der Waals surface area (Å²) in [6.45, 7) is 13.4. The highest BCUT2D eigenvalue weighted by Crippen LogP contribution is 2.45. The van der Waals surface area contributed by atoms with Crippen LogP contribution in [0.3, 0.4) is 0 Å². The summed E-state index contributed by atoms with van der Waals surface area (Å²) in [5.74, 6) is 0.329. The fraction of sp³-hybridized carbons (Fsp3) is 0.905. The number of hydrogen-bond acceptors (Lipinski definition) is 6. The summed E-state index contributed by atoms with van der Waals surface area (Å²) in [4.78, 5) is 21.3. The lowest BCUT2D eigenvalue weighted by atomic mass is 9.67. The Bertz CT molecular complexity index is 454. The third kappa shape index (κ3) is 9.06. The van der Waals surface area contributed by atoms with E-state index < -0.39 is 0 Å². The average molecular weight is 387 g/mol. The molecule has 2 fully saturated rings. The van der Waals surface area contributed by atoms with Gasteiger partial charge >= 0.3 is 11.9 Å². The second-order valence-corrected chi connectivity index (χ2v) is 8.55. The van der Waals surface area contributed by atoms with Gasteiger partial charge < -0.3 is 18.9 Å². The number of esters is 2. The number of hydrogen-bond donors (Lipinski definition) is 0. The van der Waals surface area contributed by atoms with Gasteiger partial charge in [-0.1, -0.05) is 20.8 Å². The minimum absolute atomic E-state index is 0.113.